The Morgan fingerprint density at radius 3 is 2.48 bits per heavy atom. The zero-order valence-corrected chi connectivity index (χ0v) is 16.4. The molecule has 0 saturated carbocycles. The number of aromatic carboxylic acids is 1. The number of aryl methyl sites for hydroxylation is 1. The van der Waals surface area contributed by atoms with Gasteiger partial charge in [-0.25, -0.2) is 4.79 Å². The summed E-state index contributed by atoms with van der Waals surface area (Å²) in [6.07, 6.45) is 0. The SMILES string of the molecule is Cc1ccc([C@@H](C)NCc2ccc(-c3cc(C(=O)O)c(Cl)cc3Cl)o2)cc1. The number of benzene rings is 2. The van der Waals surface area contributed by atoms with Crippen molar-refractivity contribution in [2.45, 2.75) is 26.4 Å². The van der Waals surface area contributed by atoms with Crippen LogP contribution in [0.5, 0.6) is 0 Å². The Labute approximate surface area is 167 Å². The van der Waals surface area contributed by atoms with Crippen LogP contribution >= 0.6 is 23.2 Å². The summed E-state index contributed by atoms with van der Waals surface area (Å²) in [4.78, 5) is 11.3. The molecule has 2 aromatic carbocycles. The number of hydrogen-bond acceptors (Lipinski definition) is 3. The van der Waals surface area contributed by atoms with Crippen molar-refractivity contribution in [2.75, 3.05) is 0 Å². The lowest BCUT2D eigenvalue weighted by molar-refractivity contribution is 0.0697. The van der Waals surface area contributed by atoms with Crippen molar-refractivity contribution in [2.24, 2.45) is 0 Å². The largest absolute Gasteiger partial charge is 0.478 e. The summed E-state index contributed by atoms with van der Waals surface area (Å²) in [5, 5.41) is 13.1. The number of halogens is 2. The van der Waals surface area contributed by atoms with Crippen molar-refractivity contribution >= 4 is 29.2 Å². The molecule has 0 aliphatic rings. The zero-order chi connectivity index (χ0) is 19.6. The summed E-state index contributed by atoms with van der Waals surface area (Å²) in [7, 11) is 0. The minimum Gasteiger partial charge on any atom is -0.478 e. The second-order valence-corrected chi connectivity index (χ2v) is 7.21. The molecule has 6 heteroatoms. The normalized spacial score (nSPS) is 12.1. The standard InChI is InChI=1S/C21H19Cl2NO3/c1-12-3-5-14(6-4-12)13(2)24-11-15-7-8-20(27-15)16-9-17(21(25)26)19(23)10-18(16)22/h3-10,13,24H,11H2,1-2H3,(H,25,26)/t13-/m1/s1. The fourth-order valence-electron chi connectivity index (χ4n) is 2.75. The topological polar surface area (TPSA) is 62.5 Å². The van der Waals surface area contributed by atoms with E-state index in [-0.39, 0.29) is 16.6 Å². The molecule has 140 valence electrons. The first-order chi connectivity index (χ1) is 12.8. The molecule has 4 nitrogen and oxygen atoms in total. The van der Waals surface area contributed by atoms with Crippen LogP contribution in [0.3, 0.4) is 0 Å². The van der Waals surface area contributed by atoms with Crippen LogP contribution in [0.15, 0.2) is 52.9 Å². The third-order valence-corrected chi connectivity index (χ3v) is 5.00. The summed E-state index contributed by atoms with van der Waals surface area (Å²) in [5.41, 5.74) is 2.90. The van der Waals surface area contributed by atoms with E-state index in [0.29, 0.717) is 22.9 Å². The van der Waals surface area contributed by atoms with Gasteiger partial charge in [0, 0.05) is 11.6 Å². The first kappa shape index (κ1) is 19.5. The van der Waals surface area contributed by atoms with Gasteiger partial charge in [0.05, 0.1) is 22.2 Å². The molecule has 0 bridgehead atoms. The molecule has 2 N–H and O–H groups in total. The van der Waals surface area contributed by atoms with Gasteiger partial charge in [-0.1, -0.05) is 53.0 Å². The van der Waals surface area contributed by atoms with Crippen LogP contribution in [0, 0.1) is 6.92 Å². The van der Waals surface area contributed by atoms with Crippen LogP contribution in [-0.2, 0) is 6.54 Å². The molecule has 0 unspecified atom stereocenters. The third-order valence-electron chi connectivity index (χ3n) is 4.37. The third kappa shape index (κ3) is 4.53. The Bertz CT molecular complexity index is 964. The van der Waals surface area contributed by atoms with E-state index >= 15 is 0 Å². The van der Waals surface area contributed by atoms with Crippen molar-refractivity contribution in [3.63, 3.8) is 0 Å². The molecule has 0 amide bonds. The van der Waals surface area contributed by atoms with Gasteiger partial charge in [0.2, 0.25) is 0 Å². The molecule has 0 radical (unpaired) electrons. The molecule has 0 fully saturated rings. The second-order valence-electron chi connectivity index (χ2n) is 6.40. The Balaban J connectivity index is 1.74. The maximum absolute atomic E-state index is 11.3. The first-order valence-electron chi connectivity index (χ1n) is 8.46. The molecule has 1 heterocycles. The van der Waals surface area contributed by atoms with Gasteiger partial charge in [-0.2, -0.15) is 0 Å². The van der Waals surface area contributed by atoms with E-state index in [9.17, 15) is 9.90 Å². The lowest BCUT2D eigenvalue weighted by atomic mass is 10.1. The Morgan fingerprint density at radius 2 is 1.81 bits per heavy atom. The second kappa shape index (κ2) is 8.17. The average molecular weight is 404 g/mol. The molecule has 1 aromatic heterocycles. The van der Waals surface area contributed by atoms with Gasteiger partial charge in [-0.15, -0.1) is 0 Å². The number of hydrogen-bond donors (Lipinski definition) is 2. The fraction of sp³-hybridized carbons (Fsp3) is 0.190. The van der Waals surface area contributed by atoms with Gasteiger partial charge in [0.15, 0.2) is 0 Å². The Kier molecular flexibility index (Phi) is 5.90. The minimum atomic E-state index is -1.11. The van der Waals surface area contributed by atoms with Crippen molar-refractivity contribution in [3.8, 4) is 11.3 Å². The molecule has 0 saturated heterocycles. The van der Waals surface area contributed by atoms with E-state index in [0.717, 1.165) is 5.76 Å². The van der Waals surface area contributed by atoms with Gasteiger partial charge < -0.3 is 14.8 Å². The molecule has 3 aromatic rings. The molecular formula is C21H19Cl2NO3. The average Bonchev–Trinajstić information content (AvgIpc) is 3.08. The summed E-state index contributed by atoms with van der Waals surface area (Å²) < 4.78 is 5.85. The summed E-state index contributed by atoms with van der Waals surface area (Å²) >= 11 is 12.2. The minimum absolute atomic E-state index is 0.0138. The van der Waals surface area contributed by atoms with Crippen LogP contribution in [0.25, 0.3) is 11.3 Å². The number of carboxylic acid groups (broad SMARTS) is 1. The van der Waals surface area contributed by atoms with Gasteiger partial charge in [0.25, 0.3) is 0 Å². The Hall–Kier alpha value is -2.27. The number of carboxylic acids is 1. The lowest BCUT2D eigenvalue weighted by Crippen LogP contribution is -2.17. The summed E-state index contributed by atoms with van der Waals surface area (Å²) in [5.74, 6) is 0.115. The number of rotatable bonds is 6. The van der Waals surface area contributed by atoms with Crippen LogP contribution in [-0.4, -0.2) is 11.1 Å². The van der Waals surface area contributed by atoms with Gasteiger partial charge in [-0.3, -0.25) is 0 Å². The highest BCUT2D eigenvalue weighted by Gasteiger charge is 2.16. The van der Waals surface area contributed by atoms with Crippen molar-refractivity contribution in [3.05, 3.63) is 81.0 Å². The van der Waals surface area contributed by atoms with Crippen LogP contribution < -0.4 is 5.32 Å². The van der Waals surface area contributed by atoms with Crippen molar-refractivity contribution < 1.29 is 14.3 Å². The van der Waals surface area contributed by atoms with E-state index in [4.69, 9.17) is 27.6 Å². The van der Waals surface area contributed by atoms with Gasteiger partial charge >= 0.3 is 5.97 Å². The van der Waals surface area contributed by atoms with Gasteiger partial charge in [-0.05, 0) is 43.7 Å². The monoisotopic (exact) mass is 403 g/mol. The molecule has 3 rings (SSSR count). The van der Waals surface area contributed by atoms with Crippen molar-refractivity contribution in [1.29, 1.82) is 0 Å². The highest BCUT2D eigenvalue weighted by molar-refractivity contribution is 6.38. The Morgan fingerprint density at radius 1 is 1.11 bits per heavy atom. The highest BCUT2D eigenvalue weighted by atomic mass is 35.5. The van der Waals surface area contributed by atoms with Crippen LogP contribution in [0.2, 0.25) is 10.0 Å². The maximum atomic E-state index is 11.3. The van der Waals surface area contributed by atoms with E-state index in [1.165, 1.54) is 23.3 Å². The molecule has 0 aliphatic carbocycles. The molecular weight excluding hydrogens is 385 g/mol. The lowest BCUT2D eigenvalue weighted by Gasteiger charge is -2.13. The number of carbonyl (C=O) groups is 1. The number of furan rings is 1. The molecule has 27 heavy (non-hydrogen) atoms. The predicted molar refractivity (Wildman–Crippen MR) is 108 cm³/mol. The summed E-state index contributed by atoms with van der Waals surface area (Å²) in [6, 6.07) is 15.0. The molecule has 0 spiro atoms. The van der Waals surface area contributed by atoms with Crippen molar-refractivity contribution in [1.82, 2.24) is 5.32 Å². The van der Waals surface area contributed by atoms with Crippen LogP contribution in [0.1, 0.15) is 40.2 Å². The van der Waals surface area contributed by atoms with E-state index in [2.05, 4.69) is 43.4 Å². The smallest absolute Gasteiger partial charge is 0.337 e. The van der Waals surface area contributed by atoms with E-state index < -0.39 is 5.97 Å². The molecule has 1 atom stereocenters. The van der Waals surface area contributed by atoms with Gasteiger partial charge in [0.1, 0.15) is 11.5 Å². The first-order valence-corrected chi connectivity index (χ1v) is 9.22. The van der Waals surface area contributed by atoms with E-state index in [1.54, 1.807) is 6.07 Å². The predicted octanol–water partition coefficient (Wildman–Crippen LogP) is 6.11. The van der Waals surface area contributed by atoms with E-state index in [1.807, 2.05) is 6.07 Å². The molecule has 0 aliphatic heterocycles. The highest BCUT2D eigenvalue weighted by Crippen LogP contribution is 2.34. The zero-order valence-electron chi connectivity index (χ0n) is 14.9. The maximum Gasteiger partial charge on any atom is 0.337 e. The quantitative estimate of drug-likeness (QED) is 0.520. The van der Waals surface area contributed by atoms with Crippen LogP contribution in [0.4, 0.5) is 0 Å². The summed E-state index contributed by atoms with van der Waals surface area (Å²) in [6.45, 7) is 4.68. The fourth-order valence-corrected chi connectivity index (χ4v) is 3.30. The number of nitrogens with one attached hydrogen (secondary N) is 1.